The Hall–Kier alpha value is -1.11. The third-order valence-corrected chi connectivity index (χ3v) is 15.7. The van der Waals surface area contributed by atoms with Crippen molar-refractivity contribution in [1.82, 2.24) is 10.2 Å². The number of nitrogens with one attached hydrogen (secondary N) is 1. The number of likely N-dealkylation sites (tertiary alicyclic amines) is 1. The topological polar surface area (TPSA) is 71.0 Å². The molecule has 248 valence electrons. The Labute approximate surface area is 267 Å². The molecule has 2 saturated heterocycles. The maximum atomic E-state index is 13.9. The second-order valence-electron chi connectivity index (χ2n) is 18.8. The minimum atomic E-state index is -0.484. The first-order chi connectivity index (χ1) is 20.5. The average molecular weight is 611 g/mol. The Morgan fingerprint density at radius 3 is 2.43 bits per heavy atom. The number of carbonyl (C=O) groups is 1. The summed E-state index contributed by atoms with van der Waals surface area (Å²) in [7, 11) is 0. The SMILES string of the molecule is CC1(C)CC[C@]2(NC(=O)N3CCC[C@H]3CO)CC[C@]3(C)C(=CC[C@@H]4[C@@]5(C)CC[C@@H]6OC(C)(C)OC[C@@]6(C)[C@@H]5CC[C@]43C)[C@@H]2C1. The van der Waals surface area contributed by atoms with Crippen molar-refractivity contribution in [1.29, 1.82) is 0 Å². The molecule has 44 heavy (non-hydrogen) atoms. The number of aliphatic hydroxyl groups excluding tert-OH is 1. The van der Waals surface area contributed by atoms with Crippen LogP contribution in [-0.2, 0) is 9.47 Å². The van der Waals surface area contributed by atoms with Gasteiger partial charge in [-0.05, 0) is 124 Å². The number of rotatable bonds is 2. The van der Waals surface area contributed by atoms with Crippen molar-refractivity contribution in [3.05, 3.63) is 11.6 Å². The van der Waals surface area contributed by atoms with Crippen LogP contribution < -0.4 is 5.32 Å². The van der Waals surface area contributed by atoms with Crippen LogP contribution in [0.5, 0.6) is 0 Å². The van der Waals surface area contributed by atoms with Crippen LogP contribution in [0.1, 0.15) is 132 Å². The van der Waals surface area contributed by atoms with E-state index in [2.05, 4.69) is 66.8 Å². The van der Waals surface area contributed by atoms with E-state index in [1.165, 1.54) is 19.3 Å². The molecule has 6 fully saturated rings. The number of allylic oxidation sites excluding steroid dienone is 1. The molecule has 10 atom stereocenters. The summed E-state index contributed by atoms with van der Waals surface area (Å²) in [6.07, 6.45) is 16.5. The Bertz CT molecular complexity index is 1210. The monoisotopic (exact) mass is 610 g/mol. The molecule has 2 N–H and O–H groups in total. The molecular weight excluding hydrogens is 548 g/mol. The second-order valence-corrected chi connectivity index (χ2v) is 18.8. The summed E-state index contributed by atoms with van der Waals surface area (Å²) in [6, 6.07) is 0.0275. The van der Waals surface area contributed by atoms with Crippen LogP contribution in [0, 0.1) is 44.8 Å². The molecule has 2 heterocycles. The van der Waals surface area contributed by atoms with Crippen LogP contribution in [0.25, 0.3) is 0 Å². The molecular formula is C38H62N2O4. The number of ether oxygens (including phenoxy) is 2. The van der Waals surface area contributed by atoms with Gasteiger partial charge < -0.3 is 24.8 Å². The standard InChI is InChI=1S/C38H62N2O4/c1-32(2)17-19-38(39-31(42)40-21-9-10-25(40)23-41)20-18-36(7)26(27(38)22-32)11-12-29-34(5)15-14-30-35(6,24-43-33(3,4)44-30)28(34)13-16-37(29,36)8/h11,25,27-30,41H,9-10,12-24H2,1-8H3,(H,39,42)/t25-,27-,28+,29+,30-,34-,35-,36+,37+,38-/m0/s1. The predicted octanol–water partition coefficient (Wildman–Crippen LogP) is 7.84. The minimum absolute atomic E-state index is 0.0359. The largest absolute Gasteiger partial charge is 0.394 e. The van der Waals surface area contributed by atoms with Crippen LogP contribution >= 0.6 is 0 Å². The highest BCUT2D eigenvalue weighted by Gasteiger charge is 2.70. The molecule has 6 heteroatoms. The van der Waals surface area contributed by atoms with Crippen LogP contribution in [0.4, 0.5) is 4.79 Å². The minimum Gasteiger partial charge on any atom is -0.394 e. The van der Waals surface area contributed by atoms with Gasteiger partial charge in [-0.2, -0.15) is 0 Å². The first-order valence-electron chi connectivity index (χ1n) is 18.2. The van der Waals surface area contributed by atoms with Crippen molar-refractivity contribution >= 4 is 6.03 Å². The van der Waals surface area contributed by atoms with Crippen molar-refractivity contribution in [2.24, 2.45) is 44.8 Å². The number of hydrogen-bond donors (Lipinski definition) is 2. The zero-order valence-corrected chi connectivity index (χ0v) is 29.2. The summed E-state index contributed by atoms with van der Waals surface area (Å²) in [5.41, 5.74) is 2.45. The lowest BCUT2D eigenvalue weighted by atomic mass is 9.34. The third kappa shape index (κ3) is 4.31. The summed E-state index contributed by atoms with van der Waals surface area (Å²) in [5, 5.41) is 13.7. The molecule has 0 bridgehead atoms. The highest BCUT2D eigenvalue weighted by molar-refractivity contribution is 5.76. The lowest BCUT2D eigenvalue weighted by Gasteiger charge is -2.72. The van der Waals surface area contributed by atoms with Gasteiger partial charge in [0.15, 0.2) is 5.79 Å². The molecule has 7 aliphatic rings. The van der Waals surface area contributed by atoms with Crippen molar-refractivity contribution in [2.45, 2.75) is 156 Å². The fourth-order valence-electron chi connectivity index (χ4n) is 12.9. The lowest BCUT2D eigenvalue weighted by Crippen LogP contribution is -2.69. The summed E-state index contributed by atoms with van der Waals surface area (Å²) in [4.78, 5) is 15.8. The van der Waals surface area contributed by atoms with Crippen LogP contribution in [-0.4, -0.2) is 59.3 Å². The quantitative estimate of drug-likeness (QED) is 0.313. The number of carbonyl (C=O) groups excluding carboxylic acids is 1. The number of hydrogen-bond acceptors (Lipinski definition) is 4. The second kappa shape index (κ2) is 9.95. The zero-order valence-electron chi connectivity index (χ0n) is 29.2. The molecule has 2 aliphatic heterocycles. The van der Waals surface area contributed by atoms with Crippen molar-refractivity contribution in [3.8, 4) is 0 Å². The number of nitrogens with zero attached hydrogens (tertiary/aromatic N) is 1. The van der Waals surface area contributed by atoms with E-state index in [-0.39, 0.29) is 57.4 Å². The van der Waals surface area contributed by atoms with Gasteiger partial charge in [0.1, 0.15) is 0 Å². The highest BCUT2D eigenvalue weighted by atomic mass is 16.7. The van der Waals surface area contributed by atoms with Gasteiger partial charge in [0.2, 0.25) is 0 Å². The fraction of sp³-hybridized carbons (Fsp3) is 0.921. The van der Waals surface area contributed by atoms with Gasteiger partial charge in [-0.25, -0.2) is 4.79 Å². The number of urea groups is 1. The molecule has 0 aromatic heterocycles. The highest BCUT2D eigenvalue weighted by Crippen LogP contribution is 2.75. The van der Waals surface area contributed by atoms with E-state index in [0.717, 1.165) is 70.9 Å². The molecule has 2 amide bonds. The molecule has 0 aromatic rings. The zero-order chi connectivity index (χ0) is 31.6. The summed E-state index contributed by atoms with van der Waals surface area (Å²) in [6.45, 7) is 21.1. The fourth-order valence-corrected chi connectivity index (χ4v) is 12.9. The summed E-state index contributed by atoms with van der Waals surface area (Å²) >= 11 is 0. The first-order valence-corrected chi connectivity index (χ1v) is 18.2. The molecule has 0 aromatic carbocycles. The van der Waals surface area contributed by atoms with E-state index in [1.807, 2.05) is 4.90 Å². The Kier molecular flexibility index (Phi) is 7.12. The van der Waals surface area contributed by atoms with Gasteiger partial charge in [0, 0.05) is 23.4 Å². The molecule has 5 aliphatic carbocycles. The van der Waals surface area contributed by atoms with E-state index < -0.39 is 5.79 Å². The van der Waals surface area contributed by atoms with E-state index >= 15 is 0 Å². The van der Waals surface area contributed by atoms with E-state index in [4.69, 9.17) is 9.47 Å². The Balaban J connectivity index is 1.22. The third-order valence-electron chi connectivity index (χ3n) is 15.7. The van der Waals surface area contributed by atoms with Gasteiger partial charge in [-0.3, -0.25) is 0 Å². The van der Waals surface area contributed by atoms with Crippen LogP contribution in [0.2, 0.25) is 0 Å². The van der Waals surface area contributed by atoms with Gasteiger partial charge in [-0.1, -0.05) is 53.2 Å². The van der Waals surface area contributed by atoms with Gasteiger partial charge in [0.05, 0.1) is 25.4 Å². The molecule has 0 radical (unpaired) electrons. The van der Waals surface area contributed by atoms with Crippen LogP contribution in [0.3, 0.4) is 0 Å². The number of amides is 2. The van der Waals surface area contributed by atoms with Gasteiger partial charge in [0.25, 0.3) is 0 Å². The Morgan fingerprint density at radius 2 is 1.68 bits per heavy atom. The number of fused-ring (bicyclic) bond motifs is 9. The van der Waals surface area contributed by atoms with E-state index in [9.17, 15) is 9.90 Å². The Morgan fingerprint density at radius 1 is 0.932 bits per heavy atom. The molecule has 4 saturated carbocycles. The van der Waals surface area contributed by atoms with Crippen molar-refractivity contribution in [2.75, 3.05) is 19.8 Å². The maximum absolute atomic E-state index is 13.9. The lowest BCUT2D eigenvalue weighted by molar-refractivity contribution is -0.351. The normalized spacial score (nSPS) is 50.7. The van der Waals surface area contributed by atoms with Crippen molar-refractivity contribution in [3.63, 3.8) is 0 Å². The maximum Gasteiger partial charge on any atom is 0.318 e. The molecule has 7 rings (SSSR count). The average Bonchev–Trinajstić information content (AvgIpc) is 3.44. The smallest absolute Gasteiger partial charge is 0.318 e. The van der Waals surface area contributed by atoms with E-state index in [0.29, 0.717) is 17.8 Å². The van der Waals surface area contributed by atoms with E-state index in [1.54, 1.807) is 5.57 Å². The summed E-state index contributed by atoms with van der Waals surface area (Å²) in [5.74, 6) is 1.15. The first kappa shape index (κ1) is 31.5. The van der Waals surface area contributed by atoms with Crippen LogP contribution in [0.15, 0.2) is 11.6 Å². The predicted molar refractivity (Wildman–Crippen MR) is 174 cm³/mol. The molecule has 0 spiro atoms. The number of aliphatic hydroxyl groups is 1. The molecule has 0 unspecified atom stereocenters. The van der Waals surface area contributed by atoms with Gasteiger partial charge in [-0.15, -0.1) is 0 Å². The van der Waals surface area contributed by atoms with Gasteiger partial charge >= 0.3 is 6.03 Å². The summed E-state index contributed by atoms with van der Waals surface area (Å²) < 4.78 is 13.0. The molecule has 6 nitrogen and oxygen atoms in total. The van der Waals surface area contributed by atoms with Crippen molar-refractivity contribution < 1.29 is 19.4 Å².